The fraction of sp³-hybridized carbons (Fsp3) is 0.625. The first-order valence-corrected chi connectivity index (χ1v) is 11.5. The fourth-order valence-electron chi connectivity index (χ4n) is 5.08. The maximum atomic E-state index is 13.4. The first-order chi connectivity index (χ1) is 14.9. The van der Waals surface area contributed by atoms with Crippen LogP contribution in [0.3, 0.4) is 0 Å². The van der Waals surface area contributed by atoms with Crippen molar-refractivity contribution in [3.8, 4) is 5.75 Å². The van der Waals surface area contributed by atoms with Crippen molar-refractivity contribution >= 4 is 17.7 Å². The molecule has 2 fully saturated rings. The third-order valence-electron chi connectivity index (χ3n) is 7.13. The number of nitrogens with zero attached hydrogens (tertiary/aromatic N) is 2. The molecule has 1 saturated heterocycles. The summed E-state index contributed by atoms with van der Waals surface area (Å²) in [5.74, 6) is 0.760. The number of hydrogen-bond acceptors (Lipinski definition) is 4. The Morgan fingerprint density at radius 2 is 1.97 bits per heavy atom. The van der Waals surface area contributed by atoms with Gasteiger partial charge in [0.25, 0.3) is 5.91 Å². The molecule has 0 radical (unpaired) electrons. The zero-order chi connectivity index (χ0) is 22.0. The van der Waals surface area contributed by atoms with Gasteiger partial charge in [0.2, 0.25) is 11.8 Å². The van der Waals surface area contributed by atoms with Gasteiger partial charge >= 0.3 is 0 Å². The Bertz CT molecular complexity index is 857. The zero-order valence-electron chi connectivity index (χ0n) is 18.6. The van der Waals surface area contributed by atoms with Crippen LogP contribution in [0.15, 0.2) is 24.3 Å². The van der Waals surface area contributed by atoms with Crippen molar-refractivity contribution in [2.75, 3.05) is 26.7 Å². The number of likely N-dealkylation sites (tertiary alicyclic amines) is 1. The number of fused-ring (bicyclic) bond motifs is 1. The van der Waals surface area contributed by atoms with E-state index in [2.05, 4.69) is 12.2 Å². The molecule has 4 rings (SSSR count). The minimum Gasteiger partial charge on any atom is -0.485 e. The van der Waals surface area contributed by atoms with E-state index in [1.165, 1.54) is 6.42 Å². The van der Waals surface area contributed by atoms with Gasteiger partial charge in [-0.05, 0) is 37.3 Å². The standard InChI is InChI=1S/C24H33N3O4/c1-17-7-3-5-9-19(17)25-21(28)15-27-16-24(12-11-22(29)26(2)14-13-24)31-20-10-6-4-8-18(20)23(27)30/h4,6,8,10,17,19H,3,5,7,9,11-16H2,1-2H3,(H,25,28)/t17-,19-,24+/m1/s1. The molecule has 1 aromatic carbocycles. The van der Waals surface area contributed by atoms with E-state index in [-0.39, 0.29) is 30.3 Å². The van der Waals surface area contributed by atoms with Gasteiger partial charge in [-0.3, -0.25) is 14.4 Å². The molecule has 0 unspecified atom stereocenters. The Balaban J connectivity index is 1.56. The summed E-state index contributed by atoms with van der Waals surface area (Å²) in [7, 11) is 1.80. The van der Waals surface area contributed by atoms with Crippen molar-refractivity contribution in [2.45, 2.75) is 63.5 Å². The molecule has 1 aliphatic carbocycles. The minimum absolute atomic E-state index is 0.00524. The molecule has 2 heterocycles. The average molecular weight is 428 g/mol. The van der Waals surface area contributed by atoms with Crippen LogP contribution < -0.4 is 10.1 Å². The van der Waals surface area contributed by atoms with E-state index in [1.807, 2.05) is 12.1 Å². The van der Waals surface area contributed by atoms with E-state index in [0.717, 1.165) is 19.3 Å². The summed E-state index contributed by atoms with van der Waals surface area (Å²) in [6.07, 6.45) is 5.97. The number of ether oxygens (including phenoxy) is 1. The molecule has 7 heteroatoms. The molecule has 0 aromatic heterocycles. The molecule has 31 heavy (non-hydrogen) atoms. The summed E-state index contributed by atoms with van der Waals surface area (Å²) >= 11 is 0. The van der Waals surface area contributed by atoms with Crippen LogP contribution in [0.25, 0.3) is 0 Å². The van der Waals surface area contributed by atoms with Gasteiger partial charge in [-0.25, -0.2) is 0 Å². The van der Waals surface area contributed by atoms with Crippen molar-refractivity contribution in [1.29, 1.82) is 0 Å². The predicted molar refractivity (Wildman–Crippen MR) is 117 cm³/mol. The Morgan fingerprint density at radius 1 is 1.19 bits per heavy atom. The molecule has 1 spiro atoms. The van der Waals surface area contributed by atoms with Crippen molar-refractivity contribution in [1.82, 2.24) is 15.1 Å². The predicted octanol–water partition coefficient (Wildman–Crippen LogP) is 2.60. The average Bonchev–Trinajstić information content (AvgIpc) is 2.96. The highest BCUT2D eigenvalue weighted by molar-refractivity contribution is 5.99. The molecule has 3 atom stereocenters. The number of amides is 3. The molecular formula is C24H33N3O4. The molecule has 1 saturated carbocycles. The highest BCUT2D eigenvalue weighted by atomic mass is 16.5. The zero-order valence-corrected chi connectivity index (χ0v) is 18.6. The number of rotatable bonds is 3. The van der Waals surface area contributed by atoms with E-state index < -0.39 is 5.60 Å². The smallest absolute Gasteiger partial charge is 0.258 e. The maximum absolute atomic E-state index is 13.4. The molecule has 1 aromatic rings. The summed E-state index contributed by atoms with van der Waals surface area (Å²) in [5, 5.41) is 3.16. The molecule has 3 amide bonds. The minimum atomic E-state index is -0.679. The normalized spacial score (nSPS) is 29.1. The van der Waals surface area contributed by atoms with E-state index in [9.17, 15) is 14.4 Å². The van der Waals surface area contributed by atoms with Crippen LogP contribution >= 0.6 is 0 Å². The monoisotopic (exact) mass is 427 g/mol. The Hall–Kier alpha value is -2.57. The Labute approximate surface area is 184 Å². The molecule has 168 valence electrons. The van der Waals surface area contributed by atoms with Crippen molar-refractivity contribution in [2.24, 2.45) is 5.92 Å². The highest BCUT2D eigenvalue weighted by Gasteiger charge is 2.43. The third kappa shape index (κ3) is 4.70. The van der Waals surface area contributed by atoms with Gasteiger partial charge in [-0.1, -0.05) is 31.9 Å². The van der Waals surface area contributed by atoms with Gasteiger partial charge in [0.15, 0.2) is 0 Å². The lowest BCUT2D eigenvalue weighted by atomic mass is 9.86. The second-order valence-corrected chi connectivity index (χ2v) is 9.44. The van der Waals surface area contributed by atoms with Gasteiger partial charge in [-0.15, -0.1) is 0 Å². The Kier molecular flexibility index (Phi) is 6.21. The first kappa shape index (κ1) is 21.7. The molecule has 7 nitrogen and oxygen atoms in total. The molecular weight excluding hydrogens is 394 g/mol. The molecule has 0 bridgehead atoms. The second-order valence-electron chi connectivity index (χ2n) is 9.44. The first-order valence-electron chi connectivity index (χ1n) is 11.5. The van der Waals surface area contributed by atoms with E-state index >= 15 is 0 Å². The quantitative estimate of drug-likeness (QED) is 0.804. The van der Waals surface area contributed by atoms with E-state index in [0.29, 0.717) is 49.6 Å². The summed E-state index contributed by atoms with van der Waals surface area (Å²) in [4.78, 5) is 41.9. The van der Waals surface area contributed by atoms with Gasteiger partial charge in [0, 0.05) is 32.5 Å². The van der Waals surface area contributed by atoms with Crippen LogP contribution in [0.4, 0.5) is 0 Å². The lowest BCUT2D eigenvalue weighted by Crippen LogP contribution is -2.52. The van der Waals surface area contributed by atoms with Crippen LogP contribution in [0.1, 0.15) is 62.2 Å². The number of nitrogens with one attached hydrogen (secondary N) is 1. The maximum Gasteiger partial charge on any atom is 0.258 e. The highest BCUT2D eigenvalue weighted by Crippen LogP contribution is 2.35. The number of para-hydroxylation sites is 1. The lowest BCUT2D eigenvalue weighted by Gasteiger charge is -2.35. The summed E-state index contributed by atoms with van der Waals surface area (Å²) in [6, 6.07) is 7.38. The van der Waals surface area contributed by atoms with Gasteiger partial charge in [0.05, 0.1) is 12.1 Å². The number of hydrogen-bond donors (Lipinski definition) is 1. The molecule has 3 aliphatic rings. The van der Waals surface area contributed by atoms with Crippen molar-refractivity contribution in [3.05, 3.63) is 29.8 Å². The van der Waals surface area contributed by atoms with Gasteiger partial charge in [-0.2, -0.15) is 0 Å². The van der Waals surface area contributed by atoms with Gasteiger partial charge in [0.1, 0.15) is 17.9 Å². The van der Waals surface area contributed by atoms with Crippen molar-refractivity contribution < 1.29 is 19.1 Å². The number of carbonyl (C=O) groups is 3. The van der Waals surface area contributed by atoms with Crippen LogP contribution in [0.5, 0.6) is 5.75 Å². The summed E-state index contributed by atoms with van der Waals surface area (Å²) in [6.45, 7) is 3.05. The second kappa shape index (κ2) is 8.89. The van der Waals surface area contributed by atoms with Crippen molar-refractivity contribution in [3.63, 3.8) is 0 Å². The summed E-state index contributed by atoms with van der Waals surface area (Å²) < 4.78 is 6.44. The molecule has 2 aliphatic heterocycles. The fourth-order valence-corrected chi connectivity index (χ4v) is 5.08. The lowest BCUT2D eigenvalue weighted by molar-refractivity contribution is -0.129. The van der Waals surface area contributed by atoms with E-state index in [1.54, 1.807) is 29.0 Å². The van der Waals surface area contributed by atoms with E-state index in [4.69, 9.17) is 4.74 Å². The third-order valence-corrected chi connectivity index (χ3v) is 7.13. The van der Waals surface area contributed by atoms with Crippen LogP contribution in [0.2, 0.25) is 0 Å². The number of carbonyl (C=O) groups excluding carboxylic acids is 3. The summed E-state index contributed by atoms with van der Waals surface area (Å²) in [5.41, 5.74) is -0.205. The molecule has 1 N–H and O–H groups in total. The van der Waals surface area contributed by atoms with Crippen LogP contribution in [-0.4, -0.2) is 65.8 Å². The van der Waals surface area contributed by atoms with Crippen LogP contribution in [0, 0.1) is 5.92 Å². The largest absolute Gasteiger partial charge is 0.485 e. The topological polar surface area (TPSA) is 79.0 Å². The number of benzene rings is 1. The SMILES string of the molecule is C[C@@H]1CCCC[C@H]1NC(=O)CN1C[C@@]2(CCC(=O)N(C)CC2)Oc2ccccc2C1=O. The van der Waals surface area contributed by atoms with Crippen LogP contribution in [-0.2, 0) is 9.59 Å². The van der Waals surface area contributed by atoms with Gasteiger partial charge < -0.3 is 19.9 Å². The Morgan fingerprint density at radius 3 is 2.77 bits per heavy atom.